The number of hydrogen-bond donors (Lipinski definition) is 1. The van der Waals surface area contributed by atoms with E-state index in [-0.39, 0.29) is 17.5 Å². The average molecular weight is 385 g/mol. The molecule has 2 aromatic rings. The maximum Gasteiger partial charge on any atom is 0.262 e. The second-order valence-corrected chi connectivity index (χ2v) is 6.75. The van der Waals surface area contributed by atoms with Crippen molar-refractivity contribution < 1.29 is 9.21 Å². The topological polar surface area (TPSA) is 66.0 Å². The van der Waals surface area contributed by atoms with Crippen molar-refractivity contribution in [3.05, 3.63) is 52.2 Å². The van der Waals surface area contributed by atoms with E-state index in [1.807, 2.05) is 36.4 Å². The van der Waals surface area contributed by atoms with Crippen molar-refractivity contribution in [2.24, 2.45) is 0 Å². The van der Waals surface area contributed by atoms with E-state index in [4.69, 9.17) is 4.42 Å². The van der Waals surface area contributed by atoms with Crippen LogP contribution in [0.15, 0.2) is 50.9 Å². The van der Waals surface area contributed by atoms with Crippen LogP contribution in [0.2, 0.25) is 0 Å². The highest BCUT2D eigenvalue weighted by Crippen LogP contribution is 2.26. The second kappa shape index (κ2) is 7.50. The number of nitrogens with one attached hydrogen (secondary N) is 1. The Hall–Kier alpha value is -2.32. The molecule has 1 N–H and O–H groups in total. The predicted octanol–water partition coefficient (Wildman–Crippen LogP) is 4.67. The van der Waals surface area contributed by atoms with Crippen LogP contribution >= 0.6 is 15.9 Å². The van der Waals surface area contributed by atoms with Gasteiger partial charge in [-0.3, -0.25) is 4.79 Å². The molecule has 1 fully saturated rings. The zero-order valence-corrected chi connectivity index (χ0v) is 14.7. The van der Waals surface area contributed by atoms with E-state index in [2.05, 4.69) is 21.2 Å². The molecule has 0 unspecified atom stereocenters. The molecule has 1 heterocycles. The molecule has 1 aromatic carbocycles. The van der Waals surface area contributed by atoms with Gasteiger partial charge in [-0.1, -0.05) is 40.9 Å². The fourth-order valence-corrected chi connectivity index (χ4v) is 3.25. The number of rotatable bonds is 4. The Bertz CT molecular complexity index is 811. The lowest BCUT2D eigenvalue weighted by molar-refractivity contribution is -0.117. The molecule has 3 rings (SSSR count). The van der Waals surface area contributed by atoms with Gasteiger partial charge in [-0.05, 0) is 37.1 Å². The quantitative estimate of drug-likeness (QED) is 0.614. The molecule has 0 saturated heterocycles. The summed E-state index contributed by atoms with van der Waals surface area (Å²) >= 11 is 3.43. The molecule has 122 valence electrons. The summed E-state index contributed by atoms with van der Waals surface area (Å²) in [7, 11) is 0. The van der Waals surface area contributed by atoms with Crippen molar-refractivity contribution in [3.63, 3.8) is 0 Å². The van der Waals surface area contributed by atoms with Gasteiger partial charge < -0.3 is 9.73 Å². The van der Waals surface area contributed by atoms with Crippen LogP contribution in [0, 0.1) is 11.3 Å². The Labute approximate surface area is 149 Å². The summed E-state index contributed by atoms with van der Waals surface area (Å²) in [6.07, 6.45) is 5.72. The summed E-state index contributed by atoms with van der Waals surface area (Å²) in [4.78, 5) is 12.2. The average Bonchev–Trinajstić information content (AvgIpc) is 3.24. The second-order valence-electron chi connectivity index (χ2n) is 5.84. The van der Waals surface area contributed by atoms with Gasteiger partial charge in [0.05, 0.1) is 0 Å². The number of benzene rings is 1. The predicted molar refractivity (Wildman–Crippen MR) is 95.8 cm³/mol. The smallest absolute Gasteiger partial charge is 0.262 e. The summed E-state index contributed by atoms with van der Waals surface area (Å²) in [5.41, 5.74) is 0.995. The van der Waals surface area contributed by atoms with E-state index in [1.54, 1.807) is 6.07 Å². The van der Waals surface area contributed by atoms with E-state index in [0.717, 1.165) is 35.7 Å². The van der Waals surface area contributed by atoms with Gasteiger partial charge in [0.15, 0.2) is 0 Å². The SMILES string of the molecule is N#C/C(=C/c1ccc(-c2cccc(Br)c2)o1)C(=O)NC1CCCC1. The largest absolute Gasteiger partial charge is 0.457 e. The zero-order valence-electron chi connectivity index (χ0n) is 13.1. The molecule has 1 aliphatic carbocycles. The van der Waals surface area contributed by atoms with Crippen LogP contribution in [0.5, 0.6) is 0 Å². The van der Waals surface area contributed by atoms with Crippen molar-refractivity contribution in [1.29, 1.82) is 5.26 Å². The molecule has 4 nitrogen and oxygen atoms in total. The summed E-state index contributed by atoms with van der Waals surface area (Å²) in [5, 5.41) is 12.2. The third kappa shape index (κ3) is 3.95. The molecular formula is C19H17BrN2O2. The number of amides is 1. The molecule has 24 heavy (non-hydrogen) atoms. The van der Waals surface area contributed by atoms with Gasteiger partial charge >= 0.3 is 0 Å². The number of furan rings is 1. The van der Waals surface area contributed by atoms with Gasteiger partial charge in [-0.25, -0.2) is 0 Å². The number of nitriles is 1. The van der Waals surface area contributed by atoms with Crippen molar-refractivity contribution in [1.82, 2.24) is 5.32 Å². The first-order valence-electron chi connectivity index (χ1n) is 7.94. The lowest BCUT2D eigenvalue weighted by Crippen LogP contribution is -2.33. The normalized spacial score (nSPS) is 15.2. The molecular weight excluding hydrogens is 368 g/mol. The van der Waals surface area contributed by atoms with Crippen LogP contribution in [0.25, 0.3) is 17.4 Å². The van der Waals surface area contributed by atoms with E-state index in [1.165, 1.54) is 6.08 Å². The number of carbonyl (C=O) groups excluding carboxylic acids is 1. The molecule has 1 amide bonds. The van der Waals surface area contributed by atoms with Crippen molar-refractivity contribution in [2.45, 2.75) is 31.7 Å². The van der Waals surface area contributed by atoms with E-state index in [9.17, 15) is 10.1 Å². The minimum atomic E-state index is -0.329. The molecule has 1 aliphatic rings. The first kappa shape index (κ1) is 16.5. The highest BCUT2D eigenvalue weighted by atomic mass is 79.9. The van der Waals surface area contributed by atoms with Gasteiger partial charge in [0.1, 0.15) is 23.2 Å². The van der Waals surface area contributed by atoms with Crippen LogP contribution in [0.3, 0.4) is 0 Å². The molecule has 5 heteroatoms. The molecule has 1 saturated carbocycles. The van der Waals surface area contributed by atoms with Gasteiger partial charge in [-0.15, -0.1) is 0 Å². The molecule has 0 bridgehead atoms. The van der Waals surface area contributed by atoms with Crippen molar-refractivity contribution in [3.8, 4) is 17.4 Å². The third-order valence-corrected chi connectivity index (χ3v) is 4.57. The Kier molecular flexibility index (Phi) is 5.17. The molecule has 0 radical (unpaired) electrons. The minimum Gasteiger partial charge on any atom is -0.457 e. The Morgan fingerprint density at radius 1 is 1.29 bits per heavy atom. The van der Waals surface area contributed by atoms with Gasteiger partial charge in [0.2, 0.25) is 0 Å². The number of nitrogens with zero attached hydrogens (tertiary/aromatic N) is 1. The van der Waals surface area contributed by atoms with Gasteiger partial charge in [0.25, 0.3) is 5.91 Å². The zero-order chi connectivity index (χ0) is 16.9. The Balaban J connectivity index is 1.76. The molecule has 0 atom stereocenters. The highest BCUT2D eigenvalue weighted by molar-refractivity contribution is 9.10. The summed E-state index contributed by atoms with van der Waals surface area (Å²) in [6, 6.07) is 13.5. The van der Waals surface area contributed by atoms with Gasteiger partial charge in [0, 0.05) is 22.2 Å². The standard InChI is InChI=1S/C19H17BrN2O2/c20-15-5-3-4-13(10-15)18-9-8-17(24-18)11-14(12-21)19(23)22-16-6-1-2-7-16/h3-5,8-11,16H,1-2,6-7H2,(H,22,23)/b14-11-. The first-order chi connectivity index (χ1) is 11.7. The maximum atomic E-state index is 12.2. The summed E-state index contributed by atoms with van der Waals surface area (Å²) in [5.74, 6) is 0.851. The van der Waals surface area contributed by atoms with Crippen LogP contribution in [-0.2, 0) is 4.79 Å². The monoisotopic (exact) mass is 384 g/mol. The number of hydrogen-bond acceptors (Lipinski definition) is 3. The fraction of sp³-hybridized carbons (Fsp3) is 0.263. The van der Waals surface area contributed by atoms with Crippen molar-refractivity contribution in [2.75, 3.05) is 0 Å². The highest BCUT2D eigenvalue weighted by Gasteiger charge is 2.19. The van der Waals surface area contributed by atoms with Gasteiger partial charge in [-0.2, -0.15) is 5.26 Å². The fourth-order valence-electron chi connectivity index (χ4n) is 2.85. The van der Waals surface area contributed by atoms with E-state index in [0.29, 0.717) is 11.5 Å². The van der Waals surface area contributed by atoms with Crippen molar-refractivity contribution >= 4 is 27.9 Å². The lowest BCUT2D eigenvalue weighted by atomic mass is 10.2. The maximum absolute atomic E-state index is 12.2. The van der Waals surface area contributed by atoms with E-state index >= 15 is 0 Å². The Morgan fingerprint density at radius 2 is 2.08 bits per heavy atom. The molecule has 0 aliphatic heterocycles. The van der Waals surface area contributed by atoms with Crippen LogP contribution < -0.4 is 5.32 Å². The summed E-state index contributed by atoms with van der Waals surface area (Å²) in [6.45, 7) is 0. The lowest BCUT2D eigenvalue weighted by Gasteiger charge is -2.10. The Morgan fingerprint density at radius 3 is 2.79 bits per heavy atom. The minimum absolute atomic E-state index is 0.0667. The van der Waals surface area contributed by atoms with Crippen LogP contribution in [-0.4, -0.2) is 11.9 Å². The summed E-state index contributed by atoms with van der Waals surface area (Å²) < 4.78 is 6.71. The van der Waals surface area contributed by atoms with Crippen LogP contribution in [0.4, 0.5) is 0 Å². The third-order valence-electron chi connectivity index (χ3n) is 4.08. The molecule has 0 spiro atoms. The number of carbonyl (C=O) groups is 1. The van der Waals surface area contributed by atoms with Crippen LogP contribution in [0.1, 0.15) is 31.4 Å². The van der Waals surface area contributed by atoms with E-state index < -0.39 is 0 Å². The first-order valence-corrected chi connectivity index (χ1v) is 8.73. The molecule has 1 aromatic heterocycles. The number of halogens is 1.